The summed E-state index contributed by atoms with van der Waals surface area (Å²) in [6.45, 7) is 8.93. The smallest absolute Gasteiger partial charge is 0.123 e. The number of benzene rings is 1. The third kappa shape index (κ3) is 4.44. The van der Waals surface area contributed by atoms with E-state index < -0.39 is 6.10 Å². The Morgan fingerprint density at radius 3 is 2.53 bits per heavy atom. The van der Waals surface area contributed by atoms with Crippen molar-refractivity contribution >= 4 is 0 Å². The standard InChI is InChI=1S/C14H22FNO/c1-10(14(2,3)4)16-9-13(17)11-6-5-7-12(15)8-11/h5-8,10,13,16-17H,9H2,1-4H3. The molecule has 0 bridgehead atoms. The molecule has 2 atom stereocenters. The molecule has 1 rings (SSSR count). The molecule has 0 aromatic heterocycles. The van der Waals surface area contributed by atoms with Gasteiger partial charge in [-0.3, -0.25) is 0 Å². The SMILES string of the molecule is CC(NCC(O)c1cccc(F)c1)C(C)(C)C. The third-order valence-electron chi connectivity index (χ3n) is 3.15. The summed E-state index contributed by atoms with van der Waals surface area (Å²) >= 11 is 0. The van der Waals surface area contributed by atoms with Gasteiger partial charge in [-0.05, 0) is 30.0 Å². The molecule has 17 heavy (non-hydrogen) atoms. The zero-order valence-corrected chi connectivity index (χ0v) is 11.0. The zero-order chi connectivity index (χ0) is 13.1. The van der Waals surface area contributed by atoms with Gasteiger partial charge in [-0.2, -0.15) is 0 Å². The number of aliphatic hydroxyl groups excluding tert-OH is 1. The van der Waals surface area contributed by atoms with Crippen molar-refractivity contribution < 1.29 is 9.50 Å². The molecule has 96 valence electrons. The molecule has 2 N–H and O–H groups in total. The first-order chi connectivity index (χ1) is 7.80. The average molecular weight is 239 g/mol. The minimum Gasteiger partial charge on any atom is -0.387 e. The Morgan fingerprint density at radius 1 is 1.35 bits per heavy atom. The van der Waals surface area contributed by atoms with Gasteiger partial charge in [0.25, 0.3) is 0 Å². The molecule has 1 aromatic rings. The summed E-state index contributed by atoms with van der Waals surface area (Å²) in [5.41, 5.74) is 0.750. The van der Waals surface area contributed by atoms with Crippen molar-refractivity contribution in [2.24, 2.45) is 5.41 Å². The van der Waals surface area contributed by atoms with Gasteiger partial charge in [-0.25, -0.2) is 4.39 Å². The number of hydrogen-bond acceptors (Lipinski definition) is 2. The van der Waals surface area contributed by atoms with E-state index in [1.165, 1.54) is 12.1 Å². The van der Waals surface area contributed by atoms with Gasteiger partial charge in [0.1, 0.15) is 5.82 Å². The highest BCUT2D eigenvalue weighted by molar-refractivity contribution is 5.19. The molecule has 0 saturated carbocycles. The second kappa shape index (κ2) is 5.61. The van der Waals surface area contributed by atoms with Crippen LogP contribution in [0.15, 0.2) is 24.3 Å². The summed E-state index contributed by atoms with van der Waals surface area (Å²) in [6, 6.07) is 6.37. The molecule has 2 nitrogen and oxygen atoms in total. The summed E-state index contributed by atoms with van der Waals surface area (Å²) in [5, 5.41) is 13.2. The van der Waals surface area contributed by atoms with Crippen molar-refractivity contribution in [1.82, 2.24) is 5.32 Å². The van der Waals surface area contributed by atoms with Gasteiger partial charge in [0.05, 0.1) is 6.10 Å². The first-order valence-electron chi connectivity index (χ1n) is 5.97. The molecule has 0 radical (unpaired) electrons. The Labute approximate surface area is 103 Å². The second-order valence-corrected chi connectivity index (χ2v) is 5.57. The number of aliphatic hydroxyl groups is 1. The molecule has 0 saturated heterocycles. The Bertz CT molecular complexity index is 359. The van der Waals surface area contributed by atoms with Crippen LogP contribution >= 0.6 is 0 Å². The quantitative estimate of drug-likeness (QED) is 0.846. The molecule has 2 unspecified atom stereocenters. The third-order valence-corrected chi connectivity index (χ3v) is 3.15. The maximum atomic E-state index is 13.0. The molecular weight excluding hydrogens is 217 g/mol. The fraction of sp³-hybridized carbons (Fsp3) is 0.571. The van der Waals surface area contributed by atoms with Gasteiger partial charge in [0.2, 0.25) is 0 Å². The van der Waals surface area contributed by atoms with Crippen LogP contribution in [0.2, 0.25) is 0 Å². The van der Waals surface area contributed by atoms with Crippen molar-refractivity contribution in [2.45, 2.75) is 39.8 Å². The first kappa shape index (κ1) is 14.1. The van der Waals surface area contributed by atoms with Gasteiger partial charge < -0.3 is 10.4 Å². The van der Waals surface area contributed by atoms with Gasteiger partial charge in [0.15, 0.2) is 0 Å². The van der Waals surface area contributed by atoms with E-state index in [0.717, 1.165) is 0 Å². The molecule has 0 heterocycles. The second-order valence-electron chi connectivity index (χ2n) is 5.57. The van der Waals surface area contributed by atoms with Crippen molar-refractivity contribution in [3.8, 4) is 0 Å². The molecule has 0 amide bonds. The highest BCUT2D eigenvalue weighted by Crippen LogP contribution is 2.19. The van der Waals surface area contributed by atoms with Crippen molar-refractivity contribution in [2.75, 3.05) is 6.54 Å². The summed E-state index contributed by atoms with van der Waals surface area (Å²) < 4.78 is 13.0. The van der Waals surface area contributed by atoms with Gasteiger partial charge in [-0.15, -0.1) is 0 Å². The lowest BCUT2D eigenvalue weighted by molar-refractivity contribution is 0.157. The largest absolute Gasteiger partial charge is 0.387 e. The lowest BCUT2D eigenvalue weighted by atomic mass is 9.88. The predicted molar refractivity (Wildman–Crippen MR) is 68.3 cm³/mol. The Kier molecular flexibility index (Phi) is 4.66. The minimum atomic E-state index is -0.671. The molecule has 0 aliphatic carbocycles. The molecular formula is C14H22FNO. The Balaban J connectivity index is 2.53. The fourth-order valence-corrected chi connectivity index (χ4v) is 1.43. The van der Waals surface area contributed by atoms with Crippen molar-refractivity contribution in [3.05, 3.63) is 35.6 Å². The van der Waals surface area contributed by atoms with E-state index in [1.807, 2.05) is 0 Å². The highest BCUT2D eigenvalue weighted by Gasteiger charge is 2.20. The molecule has 0 fully saturated rings. The average Bonchev–Trinajstić information content (AvgIpc) is 2.24. The number of rotatable bonds is 4. The summed E-state index contributed by atoms with van der Waals surface area (Å²) in [5.74, 6) is -0.314. The van der Waals surface area contributed by atoms with E-state index in [9.17, 15) is 9.50 Å². The van der Waals surface area contributed by atoms with Crippen LogP contribution in [-0.2, 0) is 0 Å². The monoisotopic (exact) mass is 239 g/mol. The van der Waals surface area contributed by atoms with Crippen LogP contribution in [0.1, 0.15) is 39.4 Å². The number of nitrogens with one attached hydrogen (secondary N) is 1. The lowest BCUT2D eigenvalue weighted by Crippen LogP contribution is -2.39. The molecule has 0 spiro atoms. The van der Waals surface area contributed by atoms with Gasteiger partial charge in [0, 0.05) is 12.6 Å². The Hall–Kier alpha value is -0.930. The van der Waals surface area contributed by atoms with E-state index in [0.29, 0.717) is 12.1 Å². The maximum absolute atomic E-state index is 13.0. The first-order valence-corrected chi connectivity index (χ1v) is 5.97. The van der Waals surface area contributed by atoms with Crippen LogP contribution in [-0.4, -0.2) is 17.7 Å². The van der Waals surface area contributed by atoms with Crippen LogP contribution in [0.3, 0.4) is 0 Å². The van der Waals surface area contributed by atoms with E-state index in [1.54, 1.807) is 12.1 Å². The van der Waals surface area contributed by atoms with Crippen LogP contribution in [0.25, 0.3) is 0 Å². The van der Waals surface area contributed by atoms with E-state index in [2.05, 4.69) is 33.0 Å². The molecule has 1 aromatic carbocycles. The van der Waals surface area contributed by atoms with Crippen LogP contribution in [0.5, 0.6) is 0 Å². The molecule has 0 aliphatic rings. The van der Waals surface area contributed by atoms with E-state index in [-0.39, 0.29) is 17.3 Å². The van der Waals surface area contributed by atoms with Crippen LogP contribution in [0, 0.1) is 11.2 Å². The normalized spacial score (nSPS) is 15.6. The topological polar surface area (TPSA) is 32.3 Å². The maximum Gasteiger partial charge on any atom is 0.123 e. The summed E-state index contributed by atoms with van der Waals surface area (Å²) in [4.78, 5) is 0. The Morgan fingerprint density at radius 2 is 2.00 bits per heavy atom. The fourth-order valence-electron chi connectivity index (χ4n) is 1.43. The number of hydrogen-bond donors (Lipinski definition) is 2. The number of halogens is 1. The molecule has 3 heteroatoms. The van der Waals surface area contributed by atoms with Crippen molar-refractivity contribution in [1.29, 1.82) is 0 Å². The van der Waals surface area contributed by atoms with Gasteiger partial charge in [-0.1, -0.05) is 32.9 Å². The summed E-state index contributed by atoms with van der Waals surface area (Å²) in [7, 11) is 0. The molecule has 0 aliphatic heterocycles. The van der Waals surface area contributed by atoms with Gasteiger partial charge >= 0.3 is 0 Å². The summed E-state index contributed by atoms with van der Waals surface area (Å²) in [6.07, 6.45) is -0.671. The van der Waals surface area contributed by atoms with E-state index >= 15 is 0 Å². The van der Waals surface area contributed by atoms with Crippen molar-refractivity contribution in [3.63, 3.8) is 0 Å². The zero-order valence-electron chi connectivity index (χ0n) is 11.0. The highest BCUT2D eigenvalue weighted by atomic mass is 19.1. The minimum absolute atomic E-state index is 0.141. The van der Waals surface area contributed by atoms with E-state index in [4.69, 9.17) is 0 Å². The van der Waals surface area contributed by atoms with Crippen LogP contribution < -0.4 is 5.32 Å². The predicted octanol–water partition coefficient (Wildman–Crippen LogP) is 2.88. The lowest BCUT2D eigenvalue weighted by Gasteiger charge is -2.29. The van der Waals surface area contributed by atoms with Crippen LogP contribution in [0.4, 0.5) is 4.39 Å².